The lowest BCUT2D eigenvalue weighted by atomic mass is 9.92. The lowest BCUT2D eigenvalue weighted by Crippen LogP contribution is -2.41. The van der Waals surface area contributed by atoms with Crippen LogP contribution in [0.4, 0.5) is 0 Å². The molecule has 0 fully saturated rings. The Kier molecular flexibility index (Phi) is 6.38. The highest BCUT2D eigenvalue weighted by molar-refractivity contribution is 5.83. The molecule has 7 nitrogen and oxygen atoms in total. The predicted molar refractivity (Wildman–Crippen MR) is 137 cm³/mol. The summed E-state index contributed by atoms with van der Waals surface area (Å²) in [6.45, 7) is 2.46. The molecule has 1 aliphatic rings. The topological polar surface area (TPSA) is 78.2 Å². The van der Waals surface area contributed by atoms with Crippen LogP contribution in [0.15, 0.2) is 76.1 Å². The van der Waals surface area contributed by atoms with Crippen molar-refractivity contribution in [3.63, 3.8) is 0 Å². The first-order chi connectivity index (χ1) is 17.5. The van der Waals surface area contributed by atoms with Crippen LogP contribution >= 0.6 is 0 Å². The molecule has 3 aromatic carbocycles. The van der Waals surface area contributed by atoms with Gasteiger partial charge >= 0.3 is 0 Å². The van der Waals surface area contributed by atoms with Crippen molar-refractivity contribution in [2.75, 3.05) is 27.4 Å². The largest absolute Gasteiger partial charge is 0.493 e. The first-order valence-electron chi connectivity index (χ1n) is 11.8. The average molecular weight is 486 g/mol. The van der Waals surface area contributed by atoms with Gasteiger partial charge in [-0.3, -0.25) is 9.59 Å². The van der Waals surface area contributed by atoms with Crippen molar-refractivity contribution in [3.8, 4) is 28.4 Å². The van der Waals surface area contributed by atoms with Crippen LogP contribution in [0.1, 0.15) is 24.1 Å². The number of hydrogen-bond acceptors (Lipinski definition) is 6. The molecule has 0 bridgehead atoms. The third kappa shape index (κ3) is 4.28. The Bertz CT molecular complexity index is 1480. The molecule has 4 aromatic rings. The second-order valence-electron chi connectivity index (χ2n) is 8.71. The van der Waals surface area contributed by atoms with Crippen LogP contribution in [0, 0.1) is 0 Å². The van der Waals surface area contributed by atoms with Gasteiger partial charge in [-0.05, 0) is 54.3 Å². The maximum atomic E-state index is 13.1. The zero-order valence-corrected chi connectivity index (χ0v) is 20.4. The van der Waals surface area contributed by atoms with Gasteiger partial charge in [-0.25, -0.2) is 0 Å². The molecule has 184 valence electrons. The van der Waals surface area contributed by atoms with Gasteiger partial charge in [-0.15, -0.1) is 0 Å². The van der Waals surface area contributed by atoms with Gasteiger partial charge in [-0.2, -0.15) is 0 Å². The van der Waals surface area contributed by atoms with Crippen molar-refractivity contribution in [2.24, 2.45) is 0 Å². The Morgan fingerprint density at radius 2 is 1.78 bits per heavy atom. The molecule has 7 heteroatoms. The molecule has 0 radical (unpaired) electrons. The van der Waals surface area contributed by atoms with Gasteiger partial charge in [-0.1, -0.05) is 30.3 Å². The fraction of sp³-hybridized carbons (Fsp3) is 0.241. The number of fused-ring (bicyclic) bond motifs is 2. The standard InChI is InChI=1S/C29H27NO6/c1-18-23-15-27(34-3)26(33-2)13-20(23)11-12-30(18)28(31)17-35-21-9-10-22-25(14-21)36-16-24(29(22)32)19-7-5-4-6-8-19/h4-10,13-16,18H,11-12,17H2,1-3H3/t18-/m0/s1. The van der Waals surface area contributed by atoms with E-state index in [2.05, 4.69) is 0 Å². The Morgan fingerprint density at radius 3 is 2.53 bits per heavy atom. The number of amides is 1. The van der Waals surface area contributed by atoms with E-state index in [0.717, 1.165) is 23.1 Å². The van der Waals surface area contributed by atoms with E-state index >= 15 is 0 Å². The number of benzene rings is 3. The Labute approximate surface area is 208 Å². The van der Waals surface area contributed by atoms with E-state index in [4.69, 9.17) is 18.6 Å². The van der Waals surface area contributed by atoms with Gasteiger partial charge < -0.3 is 23.5 Å². The summed E-state index contributed by atoms with van der Waals surface area (Å²) in [4.78, 5) is 27.8. The zero-order chi connectivity index (χ0) is 25.2. The summed E-state index contributed by atoms with van der Waals surface area (Å²) >= 11 is 0. The van der Waals surface area contributed by atoms with Crippen molar-refractivity contribution in [1.82, 2.24) is 4.90 Å². The number of carbonyl (C=O) groups excluding carboxylic acids is 1. The maximum Gasteiger partial charge on any atom is 0.261 e. The van der Waals surface area contributed by atoms with Crippen molar-refractivity contribution in [1.29, 1.82) is 0 Å². The molecule has 0 saturated carbocycles. The number of ether oxygens (including phenoxy) is 3. The summed E-state index contributed by atoms with van der Waals surface area (Å²) in [5, 5.41) is 0.459. The Balaban J connectivity index is 1.31. The molecular formula is C29H27NO6. The normalized spacial score (nSPS) is 14.9. The predicted octanol–water partition coefficient (Wildman–Crippen LogP) is 5.00. The number of nitrogens with zero attached hydrogens (tertiary/aromatic N) is 1. The monoisotopic (exact) mass is 485 g/mol. The van der Waals surface area contributed by atoms with Crippen LogP contribution in [0.2, 0.25) is 0 Å². The molecule has 1 atom stereocenters. The summed E-state index contributed by atoms with van der Waals surface area (Å²) in [6, 6.07) is 18.2. The van der Waals surface area contributed by atoms with Crippen LogP contribution in [0.3, 0.4) is 0 Å². The molecule has 0 unspecified atom stereocenters. The fourth-order valence-electron chi connectivity index (χ4n) is 4.73. The molecule has 0 spiro atoms. The number of methoxy groups -OCH3 is 2. The first kappa shape index (κ1) is 23.5. The molecule has 36 heavy (non-hydrogen) atoms. The number of hydrogen-bond donors (Lipinski definition) is 0. The lowest BCUT2D eigenvalue weighted by Gasteiger charge is -2.35. The van der Waals surface area contributed by atoms with Gasteiger partial charge in [0.25, 0.3) is 5.91 Å². The molecule has 0 aliphatic carbocycles. The fourth-order valence-corrected chi connectivity index (χ4v) is 4.73. The van der Waals surface area contributed by atoms with Crippen molar-refractivity contribution in [2.45, 2.75) is 19.4 Å². The summed E-state index contributed by atoms with van der Waals surface area (Å²) in [6.07, 6.45) is 2.18. The first-order valence-corrected chi connectivity index (χ1v) is 11.8. The smallest absolute Gasteiger partial charge is 0.261 e. The average Bonchev–Trinajstić information content (AvgIpc) is 2.92. The van der Waals surface area contributed by atoms with Crippen molar-refractivity contribution >= 4 is 16.9 Å². The lowest BCUT2D eigenvalue weighted by molar-refractivity contribution is -0.136. The minimum atomic E-state index is -0.129. The highest BCUT2D eigenvalue weighted by atomic mass is 16.5. The maximum absolute atomic E-state index is 13.1. The summed E-state index contributed by atoms with van der Waals surface area (Å²) in [5.74, 6) is 1.67. The highest BCUT2D eigenvalue weighted by Crippen LogP contribution is 2.38. The second kappa shape index (κ2) is 9.77. The van der Waals surface area contributed by atoms with Crippen molar-refractivity contribution in [3.05, 3.63) is 88.3 Å². The van der Waals surface area contributed by atoms with E-state index in [-0.39, 0.29) is 24.0 Å². The van der Waals surface area contributed by atoms with E-state index in [0.29, 0.717) is 40.3 Å². The van der Waals surface area contributed by atoms with Crippen LogP contribution in [-0.2, 0) is 11.2 Å². The van der Waals surface area contributed by atoms with Gasteiger partial charge in [0.1, 0.15) is 17.6 Å². The number of carbonyl (C=O) groups is 1. The summed E-state index contributed by atoms with van der Waals surface area (Å²) in [5.41, 5.74) is 3.77. The van der Waals surface area contributed by atoms with Gasteiger partial charge in [0.15, 0.2) is 23.5 Å². The molecule has 2 heterocycles. The molecule has 5 rings (SSSR count). The van der Waals surface area contributed by atoms with Gasteiger partial charge in [0.2, 0.25) is 0 Å². The molecule has 1 aliphatic heterocycles. The van der Waals surface area contributed by atoms with Crippen LogP contribution < -0.4 is 19.6 Å². The summed E-state index contributed by atoms with van der Waals surface area (Å²) in [7, 11) is 3.21. The SMILES string of the molecule is COc1cc2c(cc1OC)[C@H](C)N(C(=O)COc1ccc3c(=O)c(-c4ccccc4)coc3c1)CC2. The van der Waals surface area contributed by atoms with E-state index in [1.165, 1.54) is 6.26 Å². The third-order valence-corrected chi connectivity index (χ3v) is 6.70. The summed E-state index contributed by atoms with van der Waals surface area (Å²) < 4.78 is 22.4. The minimum absolute atomic E-state index is 0.113. The molecule has 0 saturated heterocycles. The quantitative estimate of drug-likeness (QED) is 0.382. The van der Waals surface area contributed by atoms with Crippen LogP contribution in [-0.4, -0.2) is 38.2 Å². The molecule has 1 amide bonds. The van der Waals surface area contributed by atoms with Crippen LogP contribution in [0.25, 0.3) is 22.1 Å². The van der Waals surface area contributed by atoms with Gasteiger partial charge in [0.05, 0.1) is 31.2 Å². The highest BCUT2D eigenvalue weighted by Gasteiger charge is 2.29. The van der Waals surface area contributed by atoms with Gasteiger partial charge in [0, 0.05) is 12.6 Å². The second-order valence-corrected chi connectivity index (χ2v) is 8.71. The molecule has 0 N–H and O–H groups in total. The van der Waals surface area contributed by atoms with Crippen molar-refractivity contribution < 1.29 is 23.4 Å². The molecular weight excluding hydrogens is 458 g/mol. The molecule has 1 aromatic heterocycles. The minimum Gasteiger partial charge on any atom is -0.493 e. The van der Waals surface area contributed by atoms with E-state index in [9.17, 15) is 9.59 Å². The number of rotatable bonds is 6. The Hall–Kier alpha value is -4.26. The third-order valence-electron chi connectivity index (χ3n) is 6.70. The van der Waals surface area contributed by atoms with E-state index in [1.807, 2.05) is 54.3 Å². The van der Waals surface area contributed by atoms with E-state index in [1.54, 1.807) is 32.4 Å². The Morgan fingerprint density at radius 1 is 1.03 bits per heavy atom. The van der Waals surface area contributed by atoms with E-state index < -0.39 is 0 Å². The van der Waals surface area contributed by atoms with Crippen LogP contribution in [0.5, 0.6) is 17.2 Å². The zero-order valence-electron chi connectivity index (χ0n) is 20.4.